The third-order valence-electron chi connectivity index (χ3n) is 2.75. The zero-order valence-corrected chi connectivity index (χ0v) is 10.6. The van der Waals surface area contributed by atoms with Crippen LogP contribution in [-0.2, 0) is 0 Å². The molecule has 2 aromatic rings. The molecule has 0 radical (unpaired) electrons. The molecule has 0 aliphatic heterocycles. The molecule has 2 rings (SSSR count). The summed E-state index contributed by atoms with van der Waals surface area (Å²) in [7, 11) is 0. The molecule has 2 aromatic carbocycles. The van der Waals surface area contributed by atoms with Gasteiger partial charge in [0, 0.05) is 18.7 Å². The molecule has 0 spiro atoms. The van der Waals surface area contributed by atoms with Gasteiger partial charge in [-0.3, -0.25) is 0 Å². The van der Waals surface area contributed by atoms with Gasteiger partial charge in [0.1, 0.15) is 0 Å². The molecule has 0 aliphatic carbocycles. The summed E-state index contributed by atoms with van der Waals surface area (Å²) in [5.41, 5.74) is 3.64. The molecule has 0 saturated carbocycles. The Kier molecular flexibility index (Phi) is 4.44. The fourth-order valence-corrected chi connectivity index (χ4v) is 1.81. The van der Waals surface area contributed by atoms with Gasteiger partial charge in [-0.2, -0.15) is 0 Å². The van der Waals surface area contributed by atoms with Gasteiger partial charge >= 0.3 is 0 Å². The van der Waals surface area contributed by atoms with Gasteiger partial charge in [-0.05, 0) is 30.2 Å². The summed E-state index contributed by atoms with van der Waals surface area (Å²) in [5, 5.41) is 3.36. The van der Waals surface area contributed by atoms with Crippen LogP contribution in [0.4, 0.5) is 5.69 Å². The average Bonchev–Trinajstić information content (AvgIpc) is 2.45. The van der Waals surface area contributed by atoms with E-state index in [2.05, 4.69) is 65.7 Å². The van der Waals surface area contributed by atoms with E-state index in [1.54, 1.807) is 0 Å². The molecule has 0 unspecified atom stereocenters. The first-order valence-corrected chi connectivity index (χ1v) is 6.19. The maximum absolute atomic E-state index is 3.36. The highest BCUT2D eigenvalue weighted by Crippen LogP contribution is 2.20. The van der Waals surface area contributed by atoms with Crippen molar-refractivity contribution in [2.75, 3.05) is 11.9 Å². The van der Waals surface area contributed by atoms with Gasteiger partial charge in [0.05, 0.1) is 0 Å². The van der Waals surface area contributed by atoms with Crippen LogP contribution in [-0.4, -0.2) is 6.54 Å². The highest BCUT2D eigenvalue weighted by atomic mass is 14.9. The molecule has 0 aliphatic rings. The minimum absolute atomic E-state index is 0.886. The fraction of sp³-hybridized carbons (Fsp3) is 0.176. The zero-order valence-electron chi connectivity index (χ0n) is 10.6. The summed E-state index contributed by atoms with van der Waals surface area (Å²) in [4.78, 5) is 0. The largest absolute Gasteiger partial charge is 0.384 e. The first-order chi connectivity index (χ1) is 8.90. The summed E-state index contributed by atoms with van der Waals surface area (Å²) < 4.78 is 0. The lowest BCUT2D eigenvalue weighted by atomic mass is 10.1. The van der Waals surface area contributed by atoms with Crippen molar-refractivity contribution < 1.29 is 0 Å². The van der Waals surface area contributed by atoms with Crippen molar-refractivity contribution in [3.05, 3.63) is 54.6 Å². The van der Waals surface area contributed by atoms with Crippen molar-refractivity contribution in [3.63, 3.8) is 0 Å². The van der Waals surface area contributed by atoms with Gasteiger partial charge < -0.3 is 5.32 Å². The summed E-state index contributed by atoms with van der Waals surface area (Å²) in [5.74, 6) is 5.94. The number of hydrogen-bond acceptors (Lipinski definition) is 1. The van der Waals surface area contributed by atoms with Gasteiger partial charge in [0.15, 0.2) is 0 Å². The number of nitrogens with one attached hydrogen (secondary N) is 1. The number of anilines is 1. The van der Waals surface area contributed by atoms with E-state index in [9.17, 15) is 0 Å². The van der Waals surface area contributed by atoms with Crippen molar-refractivity contribution in [2.45, 2.75) is 13.3 Å². The van der Waals surface area contributed by atoms with Crippen molar-refractivity contribution in [1.82, 2.24) is 0 Å². The Bertz CT molecular complexity index is 529. The van der Waals surface area contributed by atoms with E-state index in [-0.39, 0.29) is 0 Å². The predicted molar refractivity (Wildman–Crippen MR) is 78.4 cm³/mol. The first-order valence-electron chi connectivity index (χ1n) is 6.19. The molecule has 0 atom stereocenters. The molecule has 0 bridgehead atoms. The quantitative estimate of drug-likeness (QED) is 0.619. The Balaban J connectivity index is 1.99. The molecule has 0 saturated heterocycles. The van der Waals surface area contributed by atoms with Gasteiger partial charge in [-0.25, -0.2) is 0 Å². The van der Waals surface area contributed by atoms with Gasteiger partial charge in [-0.15, -0.1) is 11.8 Å². The van der Waals surface area contributed by atoms with Gasteiger partial charge in [-0.1, -0.05) is 42.5 Å². The molecular formula is C17H17N. The van der Waals surface area contributed by atoms with Crippen molar-refractivity contribution in [3.8, 4) is 23.0 Å². The summed E-state index contributed by atoms with van der Waals surface area (Å²) in [6, 6.07) is 18.9. The van der Waals surface area contributed by atoms with Crippen molar-refractivity contribution in [2.24, 2.45) is 0 Å². The van der Waals surface area contributed by atoms with E-state index in [0.717, 1.165) is 18.7 Å². The van der Waals surface area contributed by atoms with Crippen LogP contribution < -0.4 is 5.32 Å². The van der Waals surface area contributed by atoms with E-state index in [1.165, 1.54) is 11.1 Å². The summed E-state index contributed by atoms with van der Waals surface area (Å²) in [6.45, 7) is 2.76. The van der Waals surface area contributed by atoms with Gasteiger partial charge in [0.2, 0.25) is 0 Å². The normalized spacial score (nSPS) is 9.39. The topological polar surface area (TPSA) is 12.0 Å². The minimum atomic E-state index is 0.886. The molecular weight excluding hydrogens is 218 g/mol. The smallest absolute Gasteiger partial charge is 0.0340 e. The predicted octanol–water partition coefficient (Wildman–Crippen LogP) is 4.18. The lowest BCUT2D eigenvalue weighted by Crippen LogP contribution is -1.99. The average molecular weight is 235 g/mol. The van der Waals surface area contributed by atoms with Crippen LogP contribution in [0.3, 0.4) is 0 Å². The zero-order chi connectivity index (χ0) is 12.6. The Labute approximate surface area is 109 Å². The Hall–Kier alpha value is -2.20. The molecule has 90 valence electrons. The van der Waals surface area contributed by atoms with Crippen LogP contribution in [0.5, 0.6) is 0 Å². The van der Waals surface area contributed by atoms with E-state index in [0.29, 0.717) is 0 Å². The molecule has 0 amide bonds. The maximum Gasteiger partial charge on any atom is 0.0340 e. The van der Waals surface area contributed by atoms with Crippen LogP contribution in [0, 0.1) is 11.8 Å². The lowest BCUT2D eigenvalue weighted by Gasteiger charge is -2.06. The molecule has 0 fully saturated rings. The highest BCUT2D eigenvalue weighted by molar-refractivity contribution is 5.65. The lowest BCUT2D eigenvalue weighted by molar-refractivity contribution is 1.10. The monoisotopic (exact) mass is 235 g/mol. The minimum Gasteiger partial charge on any atom is -0.384 e. The van der Waals surface area contributed by atoms with Crippen LogP contribution in [0.25, 0.3) is 11.1 Å². The highest BCUT2D eigenvalue weighted by Gasteiger charge is 1.96. The third-order valence-corrected chi connectivity index (χ3v) is 2.75. The Morgan fingerprint density at radius 3 is 2.22 bits per heavy atom. The van der Waals surface area contributed by atoms with Crippen LogP contribution in [0.2, 0.25) is 0 Å². The van der Waals surface area contributed by atoms with Crippen LogP contribution in [0.1, 0.15) is 13.3 Å². The summed E-state index contributed by atoms with van der Waals surface area (Å²) >= 11 is 0. The van der Waals surface area contributed by atoms with E-state index in [4.69, 9.17) is 0 Å². The summed E-state index contributed by atoms with van der Waals surface area (Å²) in [6.07, 6.45) is 0.886. The molecule has 1 N–H and O–H groups in total. The van der Waals surface area contributed by atoms with E-state index < -0.39 is 0 Å². The molecule has 1 nitrogen and oxygen atoms in total. The molecule has 18 heavy (non-hydrogen) atoms. The Morgan fingerprint density at radius 2 is 1.56 bits per heavy atom. The standard InChI is InChI=1S/C17H17N/c1-2-3-7-14-18-17-12-10-16(11-13-17)15-8-5-4-6-9-15/h4-6,8-13,18H,7,14H2,1H3. The first kappa shape index (κ1) is 12.3. The molecule has 0 heterocycles. The second-order valence-corrected chi connectivity index (χ2v) is 4.05. The maximum atomic E-state index is 3.36. The van der Waals surface area contributed by atoms with Gasteiger partial charge in [0.25, 0.3) is 0 Å². The second kappa shape index (κ2) is 6.51. The molecule has 0 aromatic heterocycles. The second-order valence-electron chi connectivity index (χ2n) is 4.05. The van der Waals surface area contributed by atoms with Crippen LogP contribution >= 0.6 is 0 Å². The van der Waals surface area contributed by atoms with Crippen molar-refractivity contribution in [1.29, 1.82) is 0 Å². The number of rotatable bonds is 4. The number of hydrogen-bond donors (Lipinski definition) is 1. The van der Waals surface area contributed by atoms with Crippen LogP contribution in [0.15, 0.2) is 54.6 Å². The molecule has 1 heteroatoms. The Morgan fingerprint density at radius 1 is 0.889 bits per heavy atom. The van der Waals surface area contributed by atoms with Crippen molar-refractivity contribution >= 4 is 5.69 Å². The fourth-order valence-electron chi connectivity index (χ4n) is 1.81. The van der Waals surface area contributed by atoms with E-state index in [1.807, 2.05) is 13.0 Å². The number of benzene rings is 2. The third kappa shape index (κ3) is 3.40. The van der Waals surface area contributed by atoms with E-state index >= 15 is 0 Å². The SMILES string of the molecule is CC#CCCNc1ccc(-c2ccccc2)cc1.